The lowest BCUT2D eigenvalue weighted by Crippen LogP contribution is -2.70. The third-order valence-electron chi connectivity index (χ3n) is 15.4. The van der Waals surface area contributed by atoms with E-state index in [-0.39, 0.29) is 12.8 Å². The molecule has 5 fully saturated rings. The summed E-state index contributed by atoms with van der Waals surface area (Å²) in [6.07, 6.45) is -93.5. The predicted octanol–water partition coefficient (Wildman–Crippen LogP) is -11.3. The number of hydrogen-bond donors (Lipinski definition) is 16. The van der Waals surface area contributed by atoms with E-state index in [1.54, 1.807) is 6.92 Å². The van der Waals surface area contributed by atoms with Crippen molar-refractivity contribution in [2.24, 2.45) is 0 Å². The monoisotopic (exact) mass is 2220 g/mol. The Labute approximate surface area is 722 Å². The summed E-state index contributed by atoms with van der Waals surface area (Å²) in [4.78, 5) is 0. The van der Waals surface area contributed by atoms with E-state index in [4.69, 9.17) is 47.4 Å². The highest BCUT2D eigenvalue weighted by Crippen LogP contribution is 2.44. The lowest BCUT2D eigenvalue weighted by atomic mass is 9.95. The van der Waals surface area contributed by atoms with Crippen LogP contribution in [-0.4, -0.2) is 401 Å². The molecule has 0 radical (unpaired) electrons. The second-order valence-corrected chi connectivity index (χ2v) is 41.7. The molecule has 0 amide bonds. The largest absolute Gasteiger partial charge is 0.397 e. The van der Waals surface area contributed by atoms with Gasteiger partial charge in [-0.05, 0) is 6.42 Å². The van der Waals surface area contributed by atoms with Crippen molar-refractivity contribution in [2.75, 3.05) is 39.6 Å². The molecule has 128 heavy (non-hydrogen) atoms. The highest BCUT2D eigenvalue weighted by Gasteiger charge is 2.65. The summed E-state index contributed by atoms with van der Waals surface area (Å²) >= 11 is 0. The van der Waals surface area contributed by atoms with Gasteiger partial charge in [0, 0.05) is 6.61 Å². The van der Waals surface area contributed by atoms with Crippen LogP contribution in [0.25, 0.3) is 0 Å². The van der Waals surface area contributed by atoms with Gasteiger partial charge >= 0.3 is 166 Å². The van der Waals surface area contributed by atoms with Gasteiger partial charge < -0.3 is 47.4 Å². The van der Waals surface area contributed by atoms with Gasteiger partial charge in [0.05, 0.1) is 33.0 Å². The highest BCUT2D eigenvalue weighted by atomic mass is 32.3. The van der Waals surface area contributed by atoms with Crippen molar-refractivity contribution in [3.8, 4) is 0 Å². The first-order valence-electron chi connectivity index (χ1n) is 32.1. The Morgan fingerprint density at radius 1 is 0.188 bits per heavy atom. The smallest absolute Gasteiger partial charge is 0.350 e. The third-order valence-corrected chi connectivity index (χ3v) is 22.7. The van der Waals surface area contributed by atoms with Crippen molar-refractivity contribution >= 4 is 166 Å². The van der Waals surface area contributed by atoms with Crippen molar-refractivity contribution in [2.45, 2.75) is 199 Å². The van der Waals surface area contributed by atoms with Gasteiger partial charge in [-0.3, -0.25) is 72.8 Å². The molecule has 0 saturated carbocycles. The van der Waals surface area contributed by atoms with Crippen LogP contribution in [-0.2, 0) is 281 Å². The number of rotatable bonds is 53. The molecule has 5 aliphatic rings. The Morgan fingerprint density at radius 2 is 0.344 bits per heavy atom. The predicted molar refractivity (Wildman–Crippen MR) is 370 cm³/mol. The average Bonchev–Trinajstić information content (AvgIpc) is 0.745. The molecule has 0 aromatic rings. The summed E-state index contributed by atoms with van der Waals surface area (Å²) in [5.74, 6) is 0. The summed E-state index contributed by atoms with van der Waals surface area (Å²) in [7, 11) is -106. The quantitative estimate of drug-likeness (QED) is 0.0199. The minimum absolute atomic E-state index is 0.106. The minimum Gasteiger partial charge on any atom is -0.350 e. The fraction of sp³-hybridized carbons (Fsp3) is 1.00. The Bertz CT molecular complexity index is 5730. The molecule has 0 bridgehead atoms. The van der Waals surface area contributed by atoms with Crippen LogP contribution in [0.15, 0.2) is 0 Å². The van der Waals surface area contributed by atoms with E-state index < -0.39 is 360 Å². The number of ether oxygens (including phenoxy) is 10. The Balaban J connectivity index is 2.05. The molecule has 16 N–H and O–H groups in total. The van der Waals surface area contributed by atoms with Gasteiger partial charge in [-0.15, -0.1) is 0 Å². The van der Waals surface area contributed by atoms with Gasteiger partial charge in [-0.1, -0.05) is 39.0 Å². The van der Waals surface area contributed by atoms with Crippen molar-refractivity contribution in [3.05, 3.63) is 0 Å². The van der Waals surface area contributed by atoms with E-state index in [2.05, 4.69) is 66.9 Å². The summed E-state index contributed by atoms with van der Waals surface area (Å²) in [5.41, 5.74) is 0. The zero-order valence-corrected chi connectivity index (χ0v) is 74.3. The van der Waals surface area contributed by atoms with E-state index in [9.17, 15) is 208 Å². The third kappa shape index (κ3) is 43.1. The van der Waals surface area contributed by atoms with E-state index in [0.29, 0.717) is 25.7 Å². The molecule has 1 unspecified atom stereocenters. The van der Waals surface area contributed by atoms with Crippen molar-refractivity contribution < 1.29 is 322 Å². The summed E-state index contributed by atoms with van der Waals surface area (Å²) in [6, 6.07) is 0. The first-order valence-corrected chi connectivity index (χ1v) is 54.0. The minimum atomic E-state index is -7.12. The molecule has 0 aromatic carbocycles. The van der Waals surface area contributed by atoms with Crippen LogP contribution in [0, 0.1) is 0 Å². The molecule has 0 aliphatic carbocycles. The molecule has 0 spiro atoms. The molecule has 5 heterocycles. The molecular formula is C38H68O74S16. The van der Waals surface area contributed by atoms with Crippen LogP contribution in [0.5, 0.6) is 0 Å². The Morgan fingerprint density at radius 3 is 0.539 bits per heavy atom. The lowest BCUT2D eigenvalue weighted by Gasteiger charge is -2.51. The number of hydrogen-bond acceptors (Lipinski definition) is 58. The van der Waals surface area contributed by atoms with E-state index in [1.165, 1.54) is 0 Å². The summed E-state index contributed by atoms with van der Waals surface area (Å²) in [5, 5.41) is 0. The van der Waals surface area contributed by atoms with E-state index in [0.717, 1.165) is 0 Å². The van der Waals surface area contributed by atoms with Crippen LogP contribution < -0.4 is 0 Å². The van der Waals surface area contributed by atoms with Crippen molar-refractivity contribution in [3.63, 3.8) is 0 Å². The van der Waals surface area contributed by atoms with E-state index >= 15 is 0 Å². The SMILES string of the molecule is CCCCCCCCOC1O[C@H](COS(=O)(=O)O)[C@@H](OS(=O)(=O)O)[C@H](O[C@@H]2O[C@H](COS(=O)(=O)O)[C@@H](OS(=O)(=O)O)[C@H](O[C@@H]3O[C@H](COS(=O)(=O)O)[C@@H](OS(=O)(=O)O)[C@H](O[C@@H]4O[C@H](COS(=O)(=O)O)[C@@H](OS(=O)(=O)O)[C@H](O[C@@H]5O[C@H](COS(=O)(=O)O)[C@@H](OS(=O)(=O)O)[C@H](OS(=O)(=O)O)[C@H]5OS(=O)(=O)O)[C@H]4OS(=O)(=O)O)[C@H]3OS(=O)(=O)O)[C@H]2OS(=O)(=O)O)[C@H]1OS(=O)(=O)O. The van der Waals surface area contributed by atoms with Crippen LogP contribution in [0.3, 0.4) is 0 Å². The molecule has 25 atom stereocenters. The molecule has 5 saturated heterocycles. The molecule has 74 nitrogen and oxygen atoms in total. The molecule has 760 valence electrons. The number of unbranched alkanes of at least 4 members (excludes halogenated alkanes) is 5. The maximum Gasteiger partial charge on any atom is 0.397 e. The van der Waals surface area contributed by atoms with Gasteiger partial charge in [0.1, 0.15) is 91.6 Å². The maximum atomic E-state index is 13.4. The van der Waals surface area contributed by atoms with E-state index in [1.807, 2.05) is 0 Å². The average molecular weight is 2220 g/mol. The highest BCUT2D eigenvalue weighted by molar-refractivity contribution is 7.84. The normalized spacial score (nSPS) is 32.0. The zero-order chi connectivity index (χ0) is 98.3. The molecular weight excluding hydrogens is 2150 g/mol. The first-order chi connectivity index (χ1) is 57.3. The second kappa shape index (κ2) is 44.5. The molecule has 5 aliphatic heterocycles. The Hall–Kier alpha value is -2.48. The molecule has 0 aromatic heterocycles. The Kier molecular flexibility index (Phi) is 40.4. The zero-order valence-electron chi connectivity index (χ0n) is 61.3. The second-order valence-electron chi connectivity index (χ2n) is 24.7. The topological polar surface area (TPSA) is 1110 Å². The molecule has 90 heteroatoms. The fourth-order valence-corrected chi connectivity index (χ4v) is 18.5. The fourth-order valence-electron chi connectivity index (χ4n) is 11.5. The maximum absolute atomic E-state index is 13.4. The van der Waals surface area contributed by atoms with Crippen molar-refractivity contribution in [1.82, 2.24) is 0 Å². The standard InChI is InChI=1S/C38H68O74S16/c1-2-3-4-5-6-7-8-87-34-29(108-124(72,73)74)24(19(102-118(54,55)56)14(93-34)9-88-113(39,40)41)98-35-30(109-125(75,76)77)25(20(103-119(57,58)59)15(94-35)10-89-114(42,43)44)99-36-31(110-126(78,79)80)26(21(104-120(60,61)62)16(95-36)11-90-115(45,46)47)100-37-32(111-127(81,82)83)27(22(105-121(63,64)65)17(96-37)12-91-116(48,49)50)101-38-33(112-128(84,85)86)28(107-123(69,70)71)23(106-122(66,67)68)18(97-38)13-92-117(51,52)53/h14-38H,2-13H2,1H3,(H,39,40,41)(H,42,43,44)(H,45,46,47)(H,48,49,50)(H,51,52,53)(H,54,55,56)(H,57,58,59)(H,60,61,62)(H,63,64,65)(H,66,67,68)(H,69,70,71)(H,72,73,74)(H,75,76,77)(H,78,79,80)(H,81,82,83)(H,84,85,86)/t14-,15-,16-,17-,18-,19-,20-,21-,22-,23-,24+,25+,26+,27+,28+,29-,30-,31-,32-,33-,34?,35+,36+,37+,38+/m1/s1. The van der Waals surface area contributed by atoms with Crippen LogP contribution in [0.1, 0.15) is 45.4 Å². The van der Waals surface area contributed by atoms with Crippen LogP contribution in [0.4, 0.5) is 0 Å². The van der Waals surface area contributed by atoms with Gasteiger partial charge in [0.25, 0.3) is 0 Å². The van der Waals surface area contributed by atoms with Gasteiger partial charge in [0.2, 0.25) is 0 Å². The van der Waals surface area contributed by atoms with Gasteiger partial charge in [-0.25, -0.2) is 66.9 Å². The summed E-state index contributed by atoms with van der Waals surface area (Å²) < 4.78 is 689. The van der Waals surface area contributed by atoms with Gasteiger partial charge in [-0.2, -0.15) is 135 Å². The van der Waals surface area contributed by atoms with Crippen molar-refractivity contribution in [1.29, 1.82) is 0 Å². The van der Waals surface area contributed by atoms with Gasteiger partial charge in [0.15, 0.2) is 62.0 Å². The lowest BCUT2D eigenvalue weighted by molar-refractivity contribution is -0.385. The molecule has 5 rings (SSSR count). The van der Waals surface area contributed by atoms with Crippen LogP contribution in [0.2, 0.25) is 0 Å². The summed E-state index contributed by atoms with van der Waals surface area (Å²) in [6.45, 7) is -11.1. The first kappa shape index (κ1) is 116. The van der Waals surface area contributed by atoms with Crippen LogP contribution >= 0.6 is 0 Å².